The number of fused-ring (bicyclic) bond motifs is 1. The number of halogens is 3. The Kier molecular flexibility index (Phi) is 11.0. The number of ether oxygens (including phenoxy) is 2. The van der Waals surface area contributed by atoms with Crippen molar-refractivity contribution in [2.45, 2.75) is 43.9 Å². The highest BCUT2D eigenvalue weighted by atomic mass is 32.2. The quantitative estimate of drug-likeness (QED) is 0.301. The molecule has 2 N–H and O–H groups in total. The van der Waals surface area contributed by atoms with Crippen LogP contribution in [0.1, 0.15) is 36.2 Å². The zero-order chi connectivity index (χ0) is 32.8. The molecule has 1 aliphatic rings. The lowest BCUT2D eigenvalue weighted by Gasteiger charge is -2.37. The number of nitrogens with zero attached hydrogens (tertiary/aromatic N) is 3. The van der Waals surface area contributed by atoms with Crippen molar-refractivity contribution >= 4 is 32.5 Å². The second-order valence-electron chi connectivity index (χ2n) is 11.0. The van der Waals surface area contributed by atoms with Crippen molar-refractivity contribution < 1.29 is 35.9 Å². The van der Waals surface area contributed by atoms with Crippen molar-refractivity contribution in [3.05, 3.63) is 47.8 Å². The number of imidazole rings is 1. The van der Waals surface area contributed by atoms with E-state index in [4.69, 9.17) is 9.47 Å². The molecule has 1 fully saturated rings. The summed E-state index contributed by atoms with van der Waals surface area (Å²) in [5.41, 5.74) is 1.33. The average Bonchev–Trinajstić information content (AvgIpc) is 3.36. The van der Waals surface area contributed by atoms with Gasteiger partial charge in [-0.2, -0.15) is 13.2 Å². The molecule has 244 valence electrons. The Bertz CT molecular complexity index is 1680. The van der Waals surface area contributed by atoms with Crippen LogP contribution < -0.4 is 15.4 Å². The van der Waals surface area contributed by atoms with Crippen molar-refractivity contribution in [2.24, 2.45) is 5.92 Å². The first-order valence-electron chi connectivity index (χ1n) is 14.6. The van der Waals surface area contributed by atoms with Crippen LogP contribution in [0.5, 0.6) is 5.75 Å². The number of benzene rings is 2. The van der Waals surface area contributed by atoms with E-state index in [2.05, 4.69) is 39.3 Å². The van der Waals surface area contributed by atoms with E-state index < -0.39 is 28.5 Å². The van der Waals surface area contributed by atoms with Gasteiger partial charge in [-0.1, -0.05) is 18.8 Å². The second kappa shape index (κ2) is 14.5. The Morgan fingerprint density at radius 3 is 2.67 bits per heavy atom. The van der Waals surface area contributed by atoms with Crippen LogP contribution in [0.3, 0.4) is 0 Å². The fraction of sp³-hybridized carbons (Fsp3) is 0.484. The van der Waals surface area contributed by atoms with E-state index in [1.165, 1.54) is 18.2 Å². The van der Waals surface area contributed by atoms with Gasteiger partial charge in [-0.05, 0) is 43.5 Å². The van der Waals surface area contributed by atoms with Gasteiger partial charge in [0.1, 0.15) is 17.8 Å². The largest absolute Gasteiger partial charge is 0.492 e. The van der Waals surface area contributed by atoms with Gasteiger partial charge >= 0.3 is 6.18 Å². The Morgan fingerprint density at radius 1 is 1.22 bits per heavy atom. The van der Waals surface area contributed by atoms with E-state index in [9.17, 15) is 26.4 Å². The number of nitrogens with one attached hydrogen (secondary N) is 2. The molecule has 1 amide bonds. The van der Waals surface area contributed by atoms with E-state index in [-0.39, 0.29) is 40.0 Å². The minimum Gasteiger partial charge on any atom is -0.492 e. The molecular formula is C31H38F3N5O5S. The molecule has 1 aliphatic heterocycles. The smallest absolute Gasteiger partial charge is 0.406 e. The summed E-state index contributed by atoms with van der Waals surface area (Å²) in [5.74, 6) is 5.94. The molecule has 0 spiro atoms. The molecule has 2 aromatic carbocycles. The van der Waals surface area contributed by atoms with Gasteiger partial charge in [-0.15, -0.1) is 0 Å². The Labute approximate surface area is 261 Å². The van der Waals surface area contributed by atoms with E-state index >= 15 is 0 Å². The maximum atomic E-state index is 13.6. The number of alkyl halides is 3. The average molecular weight is 650 g/mol. The lowest BCUT2D eigenvalue weighted by Crippen LogP contribution is -2.50. The van der Waals surface area contributed by atoms with Gasteiger partial charge in [0.2, 0.25) is 0 Å². The molecule has 3 aromatic rings. The molecule has 4 rings (SSSR count). The highest BCUT2D eigenvalue weighted by Crippen LogP contribution is 2.28. The maximum Gasteiger partial charge on any atom is 0.406 e. The molecule has 1 aromatic heterocycles. The van der Waals surface area contributed by atoms with Crippen molar-refractivity contribution in [1.29, 1.82) is 0 Å². The zero-order valence-electron chi connectivity index (χ0n) is 25.7. The number of carbonyl (C=O) groups excluding carboxylic acids is 1. The second-order valence-corrected chi connectivity index (χ2v) is 13.1. The van der Waals surface area contributed by atoms with Crippen LogP contribution in [-0.4, -0.2) is 93.8 Å². The van der Waals surface area contributed by atoms with Gasteiger partial charge in [-0.3, -0.25) is 4.79 Å². The van der Waals surface area contributed by atoms with Crippen molar-refractivity contribution in [3.63, 3.8) is 0 Å². The maximum absolute atomic E-state index is 13.6. The SMILES string of the molecule is CCOc1cc(S(C)(=O)=O)ccc1NCC#Cc1cc(C(=O)N[C@H]2CCN(CCOC)C[C@@H]2C)c2ncn(CC(F)(F)F)c2c1. The molecule has 0 saturated carbocycles. The first kappa shape index (κ1) is 34.1. The van der Waals surface area contributed by atoms with Gasteiger partial charge in [0, 0.05) is 50.7 Å². The minimum absolute atomic E-state index is 0.110. The van der Waals surface area contributed by atoms with Crippen LogP contribution in [-0.2, 0) is 21.1 Å². The van der Waals surface area contributed by atoms with Crippen LogP contribution in [0.25, 0.3) is 11.0 Å². The third-order valence-corrected chi connectivity index (χ3v) is 8.63. The number of aromatic nitrogens is 2. The Morgan fingerprint density at radius 2 is 2.00 bits per heavy atom. The summed E-state index contributed by atoms with van der Waals surface area (Å²) < 4.78 is 75.6. The number of anilines is 1. The van der Waals surface area contributed by atoms with E-state index in [0.717, 1.165) is 43.2 Å². The third kappa shape index (κ3) is 9.12. The van der Waals surface area contributed by atoms with Gasteiger partial charge in [0.15, 0.2) is 9.84 Å². The topological polar surface area (TPSA) is 115 Å². The summed E-state index contributed by atoms with van der Waals surface area (Å²) in [6.45, 7) is 5.98. The van der Waals surface area contributed by atoms with Gasteiger partial charge < -0.3 is 29.6 Å². The van der Waals surface area contributed by atoms with Gasteiger partial charge in [0.05, 0.1) is 47.7 Å². The molecule has 0 aliphatic carbocycles. The fourth-order valence-corrected chi connectivity index (χ4v) is 5.92. The molecule has 0 radical (unpaired) electrons. The fourth-order valence-electron chi connectivity index (χ4n) is 5.28. The number of amides is 1. The molecule has 10 nitrogen and oxygen atoms in total. The number of piperidine rings is 1. The first-order valence-corrected chi connectivity index (χ1v) is 16.5. The zero-order valence-corrected chi connectivity index (χ0v) is 26.5. The Balaban J connectivity index is 1.58. The molecule has 2 atom stereocenters. The van der Waals surface area contributed by atoms with E-state index in [1.807, 2.05) is 0 Å². The van der Waals surface area contributed by atoms with Gasteiger partial charge in [-0.25, -0.2) is 13.4 Å². The molecule has 14 heteroatoms. The normalized spacial score (nSPS) is 17.5. The third-order valence-electron chi connectivity index (χ3n) is 7.52. The standard InChI is InChI=1S/C31H38F3N5O5S/c1-5-44-28-17-23(45(4,41)42)8-9-26(28)35-11-6-7-22-15-24(29-27(16-22)39(20-36-29)19-31(32,33)34)30(40)37-25-10-12-38(13-14-43-3)18-21(25)2/h8-9,15-17,20-21,25,35H,5,10-14,18-19H2,1-4H3,(H,37,40)/t21-,25-/m0/s1. The summed E-state index contributed by atoms with van der Waals surface area (Å²) >= 11 is 0. The number of rotatable bonds is 11. The van der Waals surface area contributed by atoms with Crippen LogP contribution >= 0.6 is 0 Å². The van der Waals surface area contributed by atoms with Crippen LogP contribution in [0, 0.1) is 17.8 Å². The predicted molar refractivity (Wildman–Crippen MR) is 165 cm³/mol. The van der Waals surface area contributed by atoms with Crippen molar-refractivity contribution in [1.82, 2.24) is 19.8 Å². The summed E-state index contributed by atoms with van der Waals surface area (Å²) in [6.07, 6.45) is -1.57. The van der Waals surface area contributed by atoms with Crippen molar-refractivity contribution in [3.8, 4) is 17.6 Å². The highest BCUT2D eigenvalue weighted by Gasteiger charge is 2.31. The Hall–Kier alpha value is -3.80. The number of carbonyl (C=O) groups is 1. The molecule has 45 heavy (non-hydrogen) atoms. The van der Waals surface area contributed by atoms with Crippen LogP contribution in [0.2, 0.25) is 0 Å². The number of hydrogen-bond acceptors (Lipinski definition) is 8. The van der Waals surface area contributed by atoms with Crippen molar-refractivity contribution in [2.75, 3.05) is 58.1 Å². The summed E-state index contributed by atoms with van der Waals surface area (Å²) in [4.78, 5) is 20.1. The number of likely N-dealkylation sites (tertiary alicyclic amines) is 1. The molecule has 0 bridgehead atoms. The van der Waals surface area contributed by atoms with E-state index in [1.54, 1.807) is 26.2 Å². The number of methoxy groups -OCH3 is 1. The molecule has 1 saturated heterocycles. The van der Waals surface area contributed by atoms with E-state index in [0.29, 0.717) is 30.2 Å². The van der Waals surface area contributed by atoms with Crippen LogP contribution in [0.15, 0.2) is 41.6 Å². The monoisotopic (exact) mass is 649 g/mol. The lowest BCUT2D eigenvalue weighted by atomic mass is 9.93. The minimum atomic E-state index is -4.49. The lowest BCUT2D eigenvalue weighted by molar-refractivity contribution is -0.139. The number of sulfone groups is 1. The highest BCUT2D eigenvalue weighted by molar-refractivity contribution is 7.90. The summed E-state index contributed by atoms with van der Waals surface area (Å²) in [7, 11) is -1.78. The molecule has 0 unspecified atom stereocenters. The molecular weight excluding hydrogens is 611 g/mol. The van der Waals surface area contributed by atoms with Crippen LogP contribution in [0.4, 0.5) is 18.9 Å². The van der Waals surface area contributed by atoms with Gasteiger partial charge in [0.25, 0.3) is 5.91 Å². The first-order chi connectivity index (χ1) is 21.3. The number of hydrogen-bond donors (Lipinski definition) is 2. The predicted octanol–water partition coefficient (Wildman–Crippen LogP) is 3.95. The molecule has 2 heterocycles. The summed E-state index contributed by atoms with van der Waals surface area (Å²) in [6, 6.07) is 7.38. The summed E-state index contributed by atoms with van der Waals surface area (Å²) in [5, 5.41) is 6.16.